The fraction of sp³-hybridized carbons (Fsp3) is 0.345. The summed E-state index contributed by atoms with van der Waals surface area (Å²) in [4.78, 5) is 34.2. The number of nitrogens with zero attached hydrogens (tertiary/aromatic N) is 3. The molecule has 1 atom stereocenters. The maximum atomic E-state index is 13.8. The molecular weight excluding hydrogens is 486 g/mol. The molecule has 1 unspecified atom stereocenters. The van der Waals surface area contributed by atoms with Crippen LogP contribution in [0.5, 0.6) is 0 Å². The van der Waals surface area contributed by atoms with Gasteiger partial charge in [0.1, 0.15) is 6.61 Å². The van der Waals surface area contributed by atoms with Crippen LogP contribution in [0.25, 0.3) is 6.08 Å². The lowest BCUT2D eigenvalue weighted by Gasteiger charge is -2.25. The van der Waals surface area contributed by atoms with E-state index >= 15 is 0 Å². The number of hydrogen-bond donors (Lipinski definition) is 0. The van der Waals surface area contributed by atoms with Crippen molar-refractivity contribution < 1.29 is 14.3 Å². The fourth-order valence-electron chi connectivity index (χ4n) is 4.28. The number of allylic oxidation sites excluding steroid dienone is 1. The van der Waals surface area contributed by atoms with Gasteiger partial charge in [0, 0.05) is 26.9 Å². The van der Waals surface area contributed by atoms with E-state index in [0.29, 0.717) is 33.1 Å². The quantitative estimate of drug-likeness (QED) is 0.336. The van der Waals surface area contributed by atoms with Crippen molar-refractivity contribution >= 4 is 29.1 Å². The third-order valence-corrected chi connectivity index (χ3v) is 7.37. The molecule has 0 aliphatic carbocycles. The summed E-state index contributed by atoms with van der Waals surface area (Å²) in [5, 5.41) is 0. The summed E-state index contributed by atoms with van der Waals surface area (Å²) in [5.41, 5.74) is 4.74. The summed E-state index contributed by atoms with van der Waals surface area (Å²) in [5.74, 6) is -0.129. The van der Waals surface area contributed by atoms with Crippen molar-refractivity contribution in [3.63, 3.8) is 0 Å². The fourth-order valence-corrected chi connectivity index (χ4v) is 5.32. The molecule has 37 heavy (non-hydrogen) atoms. The number of rotatable bonds is 8. The summed E-state index contributed by atoms with van der Waals surface area (Å²) < 4.78 is 12.7. The molecule has 2 heterocycles. The summed E-state index contributed by atoms with van der Waals surface area (Å²) in [6, 6.07) is 15.4. The van der Waals surface area contributed by atoms with Gasteiger partial charge >= 0.3 is 5.97 Å². The second-order valence-corrected chi connectivity index (χ2v) is 10.5. The molecule has 7 nitrogen and oxygen atoms in total. The molecular formula is C29H33N3O4S. The zero-order chi connectivity index (χ0) is 26.7. The second-order valence-electron chi connectivity index (χ2n) is 9.52. The highest BCUT2D eigenvalue weighted by Gasteiger charge is 2.33. The number of methoxy groups -OCH3 is 1. The van der Waals surface area contributed by atoms with Gasteiger partial charge in [-0.15, -0.1) is 0 Å². The van der Waals surface area contributed by atoms with Gasteiger partial charge < -0.3 is 14.4 Å². The Balaban J connectivity index is 1.84. The largest absolute Gasteiger partial charge is 0.460 e. The SMILES string of the molecule is COCCOC(=O)C1=C(C)N=c2sc(=Cc3ccc(N(C)C)cc3)c(=O)n2C1c1ccc(C(C)C)cc1. The lowest BCUT2D eigenvalue weighted by Crippen LogP contribution is -2.40. The van der Waals surface area contributed by atoms with E-state index in [1.54, 1.807) is 18.6 Å². The van der Waals surface area contributed by atoms with Crippen LogP contribution in [-0.2, 0) is 14.3 Å². The first kappa shape index (κ1) is 26.6. The van der Waals surface area contributed by atoms with Crippen molar-refractivity contribution in [2.75, 3.05) is 39.3 Å². The number of ether oxygens (including phenoxy) is 2. The number of hydrogen-bond acceptors (Lipinski definition) is 7. The van der Waals surface area contributed by atoms with Gasteiger partial charge in [-0.2, -0.15) is 0 Å². The molecule has 0 saturated heterocycles. The van der Waals surface area contributed by atoms with Crippen molar-refractivity contribution in [2.45, 2.75) is 32.7 Å². The van der Waals surface area contributed by atoms with E-state index in [-0.39, 0.29) is 12.2 Å². The molecule has 0 N–H and O–H groups in total. The third-order valence-electron chi connectivity index (χ3n) is 6.39. The highest BCUT2D eigenvalue weighted by atomic mass is 32.1. The summed E-state index contributed by atoms with van der Waals surface area (Å²) in [6.07, 6.45) is 1.87. The number of carbonyl (C=O) groups excluding carboxylic acids is 1. The van der Waals surface area contributed by atoms with Gasteiger partial charge in [0.25, 0.3) is 5.56 Å². The zero-order valence-corrected chi connectivity index (χ0v) is 23.0. The molecule has 0 spiro atoms. The number of anilines is 1. The predicted octanol–water partition coefficient (Wildman–Crippen LogP) is 3.61. The molecule has 0 amide bonds. The van der Waals surface area contributed by atoms with Crippen LogP contribution in [0.4, 0.5) is 5.69 Å². The number of fused-ring (bicyclic) bond motifs is 1. The Labute approximate surface area is 221 Å². The molecule has 1 aliphatic rings. The lowest BCUT2D eigenvalue weighted by atomic mass is 9.93. The van der Waals surface area contributed by atoms with Crippen LogP contribution >= 0.6 is 11.3 Å². The molecule has 0 saturated carbocycles. The van der Waals surface area contributed by atoms with E-state index in [0.717, 1.165) is 16.8 Å². The minimum atomic E-state index is -0.634. The Bertz CT molecular complexity index is 1480. The maximum Gasteiger partial charge on any atom is 0.338 e. The maximum absolute atomic E-state index is 13.8. The lowest BCUT2D eigenvalue weighted by molar-refractivity contribution is -0.140. The average molecular weight is 520 g/mol. The van der Waals surface area contributed by atoms with Gasteiger partial charge in [0.15, 0.2) is 4.80 Å². The second kappa shape index (κ2) is 11.3. The minimum Gasteiger partial charge on any atom is -0.460 e. The topological polar surface area (TPSA) is 73.1 Å². The van der Waals surface area contributed by atoms with E-state index in [2.05, 4.69) is 18.8 Å². The first-order valence-corrected chi connectivity index (χ1v) is 13.1. The summed E-state index contributed by atoms with van der Waals surface area (Å²) in [6.45, 7) is 6.47. The van der Waals surface area contributed by atoms with Crippen molar-refractivity contribution in [1.29, 1.82) is 0 Å². The van der Waals surface area contributed by atoms with Crippen LogP contribution in [0.15, 0.2) is 69.6 Å². The van der Waals surface area contributed by atoms with E-state index < -0.39 is 12.0 Å². The van der Waals surface area contributed by atoms with Gasteiger partial charge in [0.2, 0.25) is 0 Å². The molecule has 2 aromatic carbocycles. The van der Waals surface area contributed by atoms with Crippen LogP contribution in [-0.4, -0.2) is 45.0 Å². The molecule has 1 aliphatic heterocycles. The standard InChI is InChI=1S/C29H33N3O4S/c1-18(2)21-9-11-22(12-10-21)26-25(28(34)36-16-15-35-6)19(3)30-29-32(26)27(33)24(37-29)17-20-7-13-23(14-8-20)31(4)5/h7-14,17-18,26H,15-16H2,1-6H3. The van der Waals surface area contributed by atoms with Gasteiger partial charge in [-0.3, -0.25) is 9.36 Å². The number of carbonyl (C=O) groups is 1. The number of esters is 1. The van der Waals surface area contributed by atoms with Gasteiger partial charge in [-0.05, 0) is 47.7 Å². The molecule has 0 fully saturated rings. The molecule has 1 aromatic heterocycles. The van der Waals surface area contributed by atoms with Crippen LogP contribution in [0.3, 0.4) is 0 Å². The van der Waals surface area contributed by atoms with Gasteiger partial charge in [-0.1, -0.05) is 61.6 Å². The Kier molecular flexibility index (Phi) is 8.10. The third kappa shape index (κ3) is 5.60. The highest BCUT2D eigenvalue weighted by molar-refractivity contribution is 7.07. The highest BCUT2D eigenvalue weighted by Crippen LogP contribution is 2.31. The Morgan fingerprint density at radius 1 is 1.11 bits per heavy atom. The molecule has 8 heteroatoms. The smallest absolute Gasteiger partial charge is 0.338 e. The number of thiazole rings is 1. The molecule has 0 bridgehead atoms. The Hall–Kier alpha value is -3.49. The molecule has 4 rings (SSSR count). The zero-order valence-electron chi connectivity index (χ0n) is 22.1. The van der Waals surface area contributed by atoms with Gasteiger partial charge in [0.05, 0.1) is 28.5 Å². The van der Waals surface area contributed by atoms with Gasteiger partial charge in [-0.25, -0.2) is 9.79 Å². The first-order chi connectivity index (χ1) is 17.7. The predicted molar refractivity (Wildman–Crippen MR) is 148 cm³/mol. The van der Waals surface area contributed by atoms with Crippen molar-refractivity contribution in [3.8, 4) is 0 Å². The monoisotopic (exact) mass is 519 g/mol. The Morgan fingerprint density at radius 3 is 2.38 bits per heavy atom. The summed E-state index contributed by atoms with van der Waals surface area (Å²) >= 11 is 1.32. The first-order valence-electron chi connectivity index (χ1n) is 12.3. The molecule has 194 valence electrons. The van der Waals surface area contributed by atoms with E-state index in [1.807, 2.05) is 73.6 Å². The average Bonchev–Trinajstić information content (AvgIpc) is 3.17. The van der Waals surface area contributed by atoms with Crippen molar-refractivity contribution in [3.05, 3.63) is 96.2 Å². The van der Waals surface area contributed by atoms with Crippen LogP contribution < -0.4 is 19.8 Å². The van der Waals surface area contributed by atoms with Crippen molar-refractivity contribution in [2.24, 2.45) is 4.99 Å². The van der Waals surface area contributed by atoms with Crippen molar-refractivity contribution in [1.82, 2.24) is 4.57 Å². The molecule has 3 aromatic rings. The van der Waals surface area contributed by atoms with Crippen LogP contribution in [0, 0.1) is 0 Å². The number of benzene rings is 2. The van der Waals surface area contributed by atoms with Crippen LogP contribution in [0.1, 0.15) is 49.4 Å². The summed E-state index contributed by atoms with van der Waals surface area (Å²) in [7, 11) is 5.53. The number of aromatic nitrogens is 1. The Morgan fingerprint density at radius 2 is 1.78 bits per heavy atom. The van der Waals surface area contributed by atoms with E-state index in [9.17, 15) is 9.59 Å². The van der Waals surface area contributed by atoms with E-state index in [1.165, 1.54) is 16.9 Å². The minimum absolute atomic E-state index is 0.123. The normalized spacial score (nSPS) is 15.5. The molecule has 0 radical (unpaired) electrons. The van der Waals surface area contributed by atoms with E-state index in [4.69, 9.17) is 9.47 Å². The van der Waals surface area contributed by atoms with Crippen LogP contribution in [0.2, 0.25) is 0 Å².